The maximum absolute atomic E-state index is 4.94. The fourth-order valence-corrected chi connectivity index (χ4v) is 1.64. The molecule has 2 aromatic carbocycles. The van der Waals surface area contributed by atoms with Crippen LogP contribution in [0.4, 0.5) is 0 Å². The molecule has 0 amide bonds. The molecule has 0 spiro atoms. The van der Waals surface area contributed by atoms with Crippen molar-refractivity contribution >= 4 is 40.3 Å². The number of ether oxygens (including phenoxy) is 1. The summed E-state index contributed by atoms with van der Waals surface area (Å²) >= 11 is 0. The predicted molar refractivity (Wildman–Crippen MR) is 69.8 cm³/mol. The van der Waals surface area contributed by atoms with E-state index in [9.17, 15) is 0 Å². The first-order valence-electron chi connectivity index (χ1n) is 5.48. The van der Waals surface area contributed by atoms with Gasteiger partial charge >= 0.3 is 0 Å². The van der Waals surface area contributed by atoms with Crippen molar-refractivity contribution in [3.8, 4) is 0 Å². The van der Waals surface area contributed by atoms with E-state index in [2.05, 4.69) is 48.5 Å². The largest absolute Gasteiger partial charge is 0.381 e. The Morgan fingerprint density at radius 2 is 1.06 bits per heavy atom. The van der Waals surface area contributed by atoms with Gasteiger partial charge < -0.3 is 4.74 Å². The van der Waals surface area contributed by atoms with E-state index in [-0.39, 0.29) is 29.6 Å². The topological polar surface area (TPSA) is 9.23 Å². The zero-order valence-corrected chi connectivity index (χ0v) is 11.9. The van der Waals surface area contributed by atoms with Gasteiger partial charge in [-0.2, -0.15) is 0 Å². The summed E-state index contributed by atoms with van der Waals surface area (Å²) in [5, 5.41) is 2.62. The molecule has 0 N–H and O–H groups in total. The number of hydrogen-bond donors (Lipinski definition) is 0. The van der Waals surface area contributed by atoms with Crippen LogP contribution in [0.3, 0.4) is 0 Å². The third-order valence-electron chi connectivity index (χ3n) is 2.49. The average Bonchev–Trinajstić information content (AvgIpc) is 2.88. The van der Waals surface area contributed by atoms with Crippen LogP contribution < -0.4 is 0 Å². The molecule has 1 nitrogen and oxygen atoms in total. The Morgan fingerprint density at radius 1 is 0.688 bits per heavy atom. The van der Waals surface area contributed by atoms with E-state index in [1.54, 1.807) is 0 Å². The van der Waals surface area contributed by atoms with Crippen LogP contribution >= 0.6 is 0 Å². The first-order chi connectivity index (χ1) is 7.47. The van der Waals surface area contributed by atoms with Gasteiger partial charge in [0.1, 0.15) is 0 Å². The number of hydrogen-bond acceptors (Lipinski definition) is 1. The van der Waals surface area contributed by atoms with Gasteiger partial charge in [0.25, 0.3) is 0 Å². The fraction of sp³-hybridized carbons (Fsp3) is 0.286. The molecule has 79 valence electrons. The zero-order chi connectivity index (χ0) is 10.3. The van der Waals surface area contributed by atoms with Crippen LogP contribution in [-0.4, -0.2) is 42.8 Å². The van der Waals surface area contributed by atoms with Gasteiger partial charge in [-0.3, -0.25) is 0 Å². The summed E-state index contributed by atoms with van der Waals surface area (Å²) in [6.07, 6.45) is 2.56. The molecule has 0 saturated carbocycles. The first kappa shape index (κ1) is 13.7. The molecule has 1 radical (unpaired) electrons. The minimum absolute atomic E-state index is 0. The van der Waals surface area contributed by atoms with E-state index in [0.29, 0.717) is 0 Å². The molecule has 0 aromatic heterocycles. The molecule has 2 aromatic rings. The van der Waals surface area contributed by atoms with Gasteiger partial charge in [0.2, 0.25) is 0 Å². The Hall–Kier alpha value is -0.340. The van der Waals surface area contributed by atoms with Crippen LogP contribution in [0.25, 0.3) is 10.8 Å². The molecule has 1 fully saturated rings. The van der Waals surface area contributed by atoms with Crippen molar-refractivity contribution in [2.24, 2.45) is 0 Å². The molecule has 0 bridgehead atoms. The Bertz CT molecular complexity index is 337. The molecule has 16 heavy (non-hydrogen) atoms. The van der Waals surface area contributed by atoms with Crippen LogP contribution in [0, 0.1) is 0 Å². The van der Waals surface area contributed by atoms with Crippen LogP contribution in [0.1, 0.15) is 12.8 Å². The third-order valence-corrected chi connectivity index (χ3v) is 2.49. The normalized spacial score (nSPS) is 13.8. The summed E-state index contributed by atoms with van der Waals surface area (Å²) in [6.45, 7) is 2.00. The first-order valence-corrected chi connectivity index (χ1v) is 5.48. The van der Waals surface area contributed by atoms with Crippen molar-refractivity contribution in [1.29, 1.82) is 0 Å². The maximum Gasteiger partial charge on any atom is 0.0466 e. The van der Waals surface area contributed by atoms with E-state index < -0.39 is 0 Å². The van der Waals surface area contributed by atoms with Crippen LogP contribution in [0.2, 0.25) is 0 Å². The van der Waals surface area contributed by atoms with Gasteiger partial charge in [-0.15, -0.1) is 0 Å². The van der Waals surface area contributed by atoms with Gasteiger partial charge in [0.05, 0.1) is 0 Å². The van der Waals surface area contributed by atoms with Gasteiger partial charge in [0, 0.05) is 42.8 Å². The number of benzene rings is 2. The molecular formula is C14H16NaO. The minimum Gasteiger partial charge on any atom is -0.381 e. The Morgan fingerprint density at radius 3 is 1.31 bits per heavy atom. The fourth-order valence-electron chi connectivity index (χ4n) is 1.64. The van der Waals surface area contributed by atoms with Gasteiger partial charge in [-0.05, 0) is 23.6 Å². The number of rotatable bonds is 0. The summed E-state index contributed by atoms with van der Waals surface area (Å²) in [7, 11) is 0. The molecule has 0 unspecified atom stereocenters. The maximum atomic E-state index is 4.94. The predicted octanol–water partition coefficient (Wildman–Crippen LogP) is 3.26. The van der Waals surface area contributed by atoms with E-state index in [1.165, 1.54) is 23.6 Å². The van der Waals surface area contributed by atoms with Gasteiger partial charge in [-0.1, -0.05) is 48.5 Å². The van der Waals surface area contributed by atoms with Gasteiger partial charge in [-0.25, -0.2) is 0 Å². The summed E-state index contributed by atoms with van der Waals surface area (Å²) in [5.74, 6) is 0. The van der Waals surface area contributed by atoms with E-state index >= 15 is 0 Å². The molecule has 2 heteroatoms. The van der Waals surface area contributed by atoms with Crippen LogP contribution in [-0.2, 0) is 4.74 Å². The molecule has 0 atom stereocenters. The Balaban J connectivity index is 0.000000183. The molecular weight excluding hydrogens is 207 g/mol. The van der Waals surface area contributed by atoms with Crippen LogP contribution in [0.5, 0.6) is 0 Å². The van der Waals surface area contributed by atoms with Crippen molar-refractivity contribution in [1.82, 2.24) is 0 Å². The number of fused-ring (bicyclic) bond motifs is 1. The molecule has 1 aliphatic rings. The molecule has 0 aliphatic carbocycles. The Labute approximate surface area is 119 Å². The second kappa shape index (κ2) is 7.86. The molecule has 3 rings (SSSR count). The molecule has 1 heterocycles. The van der Waals surface area contributed by atoms with E-state index in [1.807, 2.05) is 0 Å². The SMILES string of the molecule is C1CCOC1.[Na].c1ccc2ccccc2c1. The monoisotopic (exact) mass is 223 g/mol. The smallest absolute Gasteiger partial charge is 0.0466 e. The van der Waals surface area contributed by atoms with E-state index in [0.717, 1.165) is 13.2 Å². The van der Waals surface area contributed by atoms with Crippen molar-refractivity contribution < 1.29 is 4.74 Å². The second-order valence-corrected chi connectivity index (χ2v) is 3.67. The van der Waals surface area contributed by atoms with Crippen molar-refractivity contribution in [2.45, 2.75) is 12.8 Å². The second-order valence-electron chi connectivity index (χ2n) is 3.67. The van der Waals surface area contributed by atoms with Crippen molar-refractivity contribution in [2.75, 3.05) is 13.2 Å². The molecule has 1 aliphatic heterocycles. The van der Waals surface area contributed by atoms with Crippen LogP contribution in [0.15, 0.2) is 48.5 Å². The molecule has 1 saturated heterocycles. The summed E-state index contributed by atoms with van der Waals surface area (Å²) < 4.78 is 4.94. The van der Waals surface area contributed by atoms with Crippen molar-refractivity contribution in [3.05, 3.63) is 48.5 Å². The summed E-state index contributed by atoms with van der Waals surface area (Å²) in [4.78, 5) is 0. The zero-order valence-electron chi connectivity index (χ0n) is 9.86. The Kier molecular flexibility index (Phi) is 6.74. The quantitative estimate of drug-likeness (QED) is 0.623. The van der Waals surface area contributed by atoms with E-state index in [4.69, 9.17) is 4.74 Å². The van der Waals surface area contributed by atoms with Gasteiger partial charge in [0.15, 0.2) is 0 Å². The summed E-state index contributed by atoms with van der Waals surface area (Å²) in [5.41, 5.74) is 0. The van der Waals surface area contributed by atoms with Crippen molar-refractivity contribution in [3.63, 3.8) is 0 Å². The summed E-state index contributed by atoms with van der Waals surface area (Å²) in [6, 6.07) is 16.7. The third kappa shape index (κ3) is 4.26. The standard InChI is InChI=1S/C10H8.C4H8O.Na/c1-2-6-10-8-4-3-7-9(10)5-1;1-2-4-5-3-1;/h1-8H;1-4H2;. The average molecular weight is 223 g/mol. The minimum atomic E-state index is 0.